The van der Waals surface area contributed by atoms with Gasteiger partial charge in [0, 0.05) is 5.02 Å². The first-order valence-electron chi connectivity index (χ1n) is 5.95. The molecule has 0 amide bonds. The molecule has 114 valence electrons. The lowest BCUT2D eigenvalue weighted by Crippen LogP contribution is -2.05. The highest BCUT2D eigenvalue weighted by Crippen LogP contribution is 2.52. The number of hydrogen-bond donors (Lipinski definition) is 0. The van der Waals surface area contributed by atoms with Gasteiger partial charge in [0.25, 0.3) is 0 Å². The van der Waals surface area contributed by atoms with Crippen LogP contribution in [0.3, 0.4) is 0 Å². The molecule has 3 nitrogen and oxygen atoms in total. The minimum atomic E-state index is -4.47. The van der Waals surface area contributed by atoms with E-state index in [9.17, 15) is 17.7 Å². The Hall–Kier alpha value is -0.550. The van der Waals surface area contributed by atoms with E-state index in [2.05, 4.69) is 0 Å². The quantitative estimate of drug-likeness (QED) is 0.679. The van der Waals surface area contributed by atoms with Gasteiger partial charge in [-0.15, -0.1) is 0 Å². The minimum Gasteiger partial charge on any atom is -0.309 e. The van der Waals surface area contributed by atoms with Crippen LogP contribution in [-0.4, -0.2) is 13.2 Å². The molecule has 0 spiro atoms. The third kappa shape index (κ3) is 4.77. The summed E-state index contributed by atoms with van der Waals surface area (Å²) in [5, 5.41) is -0.112. The highest BCUT2D eigenvalue weighted by atomic mass is 35.5. The number of alkyl halides is 3. The molecule has 0 atom stereocenters. The predicted molar refractivity (Wildman–Crippen MR) is 71.0 cm³/mol. The summed E-state index contributed by atoms with van der Waals surface area (Å²) < 4.78 is 60.0. The summed E-state index contributed by atoms with van der Waals surface area (Å²) in [6, 6.07) is 2.89. The van der Waals surface area contributed by atoms with E-state index in [0.29, 0.717) is 5.56 Å². The van der Waals surface area contributed by atoms with Crippen LogP contribution >= 0.6 is 19.2 Å². The molecule has 8 heteroatoms. The van der Waals surface area contributed by atoms with Gasteiger partial charge in [-0.3, -0.25) is 4.57 Å². The molecule has 0 saturated heterocycles. The third-order valence-corrected chi connectivity index (χ3v) is 4.78. The molecule has 0 fully saturated rings. The molecule has 1 aromatic carbocycles. The van der Waals surface area contributed by atoms with Gasteiger partial charge in [-0.25, -0.2) is 0 Å². The Morgan fingerprint density at radius 1 is 1.20 bits per heavy atom. The zero-order valence-electron chi connectivity index (χ0n) is 11.0. The summed E-state index contributed by atoms with van der Waals surface area (Å²) >= 11 is 5.81. The normalized spacial score (nSPS) is 12.7. The van der Waals surface area contributed by atoms with E-state index < -0.39 is 19.3 Å². The Kier molecular flexibility index (Phi) is 6.07. The number of hydrogen-bond acceptors (Lipinski definition) is 3. The van der Waals surface area contributed by atoms with Gasteiger partial charge in [-0.2, -0.15) is 13.2 Å². The van der Waals surface area contributed by atoms with Crippen molar-refractivity contribution in [2.45, 2.75) is 26.2 Å². The topological polar surface area (TPSA) is 35.5 Å². The summed E-state index contributed by atoms with van der Waals surface area (Å²) in [4.78, 5) is 0. The smallest absolute Gasteiger partial charge is 0.309 e. The summed E-state index contributed by atoms with van der Waals surface area (Å²) in [7, 11) is -3.39. The van der Waals surface area contributed by atoms with Gasteiger partial charge in [0.15, 0.2) is 0 Å². The van der Waals surface area contributed by atoms with E-state index in [1.165, 1.54) is 6.07 Å². The Labute approximate surface area is 120 Å². The van der Waals surface area contributed by atoms with Crippen molar-refractivity contribution < 1.29 is 26.8 Å². The van der Waals surface area contributed by atoms with E-state index >= 15 is 0 Å². The van der Waals surface area contributed by atoms with Crippen molar-refractivity contribution >= 4 is 19.2 Å². The van der Waals surface area contributed by atoms with Crippen molar-refractivity contribution in [1.82, 2.24) is 0 Å². The van der Waals surface area contributed by atoms with Crippen LogP contribution in [0.25, 0.3) is 0 Å². The van der Waals surface area contributed by atoms with Crippen LogP contribution < -0.4 is 0 Å². The molecule has 0 radical (unpaired) electrons. The SMILES string of the molecule is CCOP(=O)(Cc1ccc(C(F)(F)F)cc1Cl)OCC. The summed E-state index contributed by atoms with van der Waals surface area (Å²) in [5.74, 6) is 0. The van der Waals surface area contributed by atoms with Crippen LogP contribution in [0.15, 0.2) is 18.2 Å². The fourth-order valence-electron chi connectivity index (χ4n) is 1.58. The zero-order chi connectivity index (χ0) is 15.4. The summed E-state index contributed by atoms with van der Waals surface area (Å²) in [5.41, 5.74) is -0.557. The molecule has 0 saturated carbocycles. The van der Waals surface area contributed by atoms with Crippen molar-refractivity contribution in [3.63, 3.8) is 0 Å². The van der Waals surface area contributed by atoms with Gasteiger partial charge in [-0.05, 0) is 31.5 Å². The number of rotatable bonds is 6. The summed E-state index contributed by atoms with van der Waals surface area (Å²) in [6.07, 6.45) is -4.63. The minimum absolute atomic E-state index is 0.112. The lowest BCUT2D eigenvalue weighted by atomic mass is 10.1. The average Bonchev–Trinajstić information content (AvgIpc) is 2.31. The monoisotopic (exact) mass is 330 g/mol. The molecule has 20 heavy (non-hydrogen) atoms. The van der Waals surface area contributed by atoms with Crippen molar-refractivity contribution in [1.29, 1.82) is 0 Å². The van der Waals surface area contributed by atoms with E-state index in [1.54, 1.807) is 13.8 Å². The first-order valence-corrected chi connectivity index (χ1v) is 8.06. The maximum Gasteiger partial charge on any atom is 0.416 e. The van der Waals surface area contributed by atoms with Gasteiger partial charge in [0.2, 0.25) is 0 Å². The van der Waals surface area contributed by atoms with Gasteiger partial charge in [0.1, 0.15) is 0 Å². The summed E-state index contributed by atoms with van der Waals surface area (Å²) in [6.45, 7) is 3.66. The van der Waals surface area contributed by atoms with Crippen molar-refractivity contribution in [3.05, 3.63) is 34.3 Å². The van der Waals surface area contributed by atoms with E-state index in [4.69, 9.17) is 20.6 Å². The Morgan fingerprint density at radius 3 is 2.15 bits per heavy atom. The maximum atomic E-state index is 12.5. The lowest BCUT2D eigenvalue weighted by molar-refractivity contribution is -0.137. The Morgan fingerprint density at radius 2 is 1.75 bits per heavy atom. The van der Waals surface area contributed by atoms with Crippen LogP contribution in [0, 0.1) is 0 Å². The number of benzene rings is 1. The van der Waals surface area contributed by atoms with Gasteiger partial charge >= 0.3 is 13.8 Å². The van der Waals surface area contributed by atoms with Crippen LogP contribution in [0.5, 0.6) is 0 Å². The molecule has 0 aromatic heterocycles. The second-order valence-electron chi connectivity index (χ2n) is 3.91. The maximum absolute atomic E-state index is 12.5. The molecule has 0 bridgehead atoms. The Bertz CT molecular complexity index is 495. The molecule has 0 aliphatic carbocycles. The largest absolute Gasteiger partial charge is 0.416 e. The van der Waals surface area contributed by atoms with Gasteiger partial charge < -0.3 is 9.05 Å². The highest BCUT2D eigenvalue weighted by molar-refractivity contribution is 7.53. The lowest BCUT2D eigenvalue weighted by Gasteiger charge is -2.18. The van der Waals surface area contributed by atoms with Crippen molar-refractivity contribution in [2.24, 2.45) is 0 Å². The van der Waals surface area contributed by atoms with Crippen LogP contribution in [0.4, 0.5) is 13.2 Å². The second kappa shape index (κ2) is 6.94. The third-order valence-electron chi connectivity index (χ3n) is 2.40. The standard InChI is InChI=1S/C12H15ClF3O3P/c1-3-18-20(17,19-4-2)8-9-5-6-10(7-11(9)13)12(14,15)16/h5-7H,3-4,8H2,1-2H3. The first kappa shape index (κ1) is 17.5. The van der Waals surface area contributed by atoms with Gasteiger partial charge in [0.05, 0.1) is 24.9 Å². The highest BCUT2D eigenvalue weighted by Gasteiger charge is 2.32. The predicted octanol–water partition coefficient (Wildman–Crippen LogP) is 5.12. The molecule has 0 unspecified atom stereocenters. The van der Waals surface area contributed by atoms with E-state index in [0.717, 1.165) is 12.1 Å². The van der Waals surface area contributed by atoms with Crippen LogP contribution in [-0.2, 0) is 26.0 Å². The fourth-order valence-corrected chi connectivity index (χ4v) is 3.66. The van der Waals surface area contributed by atoms with Crippen LogP contribution in [0.1, 0.15) is 25.0 Å². The molecule has 0 aliphatic rings. The fraction of sp³-hybridized carbons (Fsp3) is 0.500. The van der Waals surface area contributed by atoms with Crippen molar-refractivity contribution in [3.8, 4) is 0 Å². The van der Waals surface area contributed by atoms with Crippen molar-refractivity contribution in [2.75, 3.05) is 13.2 Å². The molecule has 1 aromatic rings. The molecule has 0 N–H and O–H groups in total. The number of halogens is 4. The average molecular weight is 331 g/mol. The molecule has 0 aliphatic heterocycles. The molecule has 0 heterocycles. The first-order chi connectivity index (χ1) is 9.22. The zero-order valence-corrected chi connectivity index (χ0v) is 12.7. The van der Waals surface area contributed by atoms with E-state index in [1.807, 2.05) is 0 Å². The molecular formula is C12H15ClF3O3P. The Balaban J connectivity index is 3.00. The van der Waals surface area contributed by atoms with Gasteiger partial charge in [-0.1, -0.05) is 17.7 Å². The van der Waals surface area contributed by atoms with Crippen LogP contribution in [0.2, 0.25) is 5.02 Å². The molecule has 1 rings (SSSR count). The second-order valence-corrected chi connectivity index (χ2v) is 6.37. The molecular weight excluding hydrogens is 316 g/mol. The van der Waals surface area contributed by atoms with E-state index in [-0.39, 0.29) is 24.4 Å².